The van der Waals surface area contributed by atoms with E-state index >= 15 is 0 Å². The number of hydrogen-bond acceptors (Lipinski definition) is 1. The summed E-state index contributed by atoms with van der Waals surface area (Å²) in [5.74, 6) is -0.940. The highest BCUT2D eigenvalue weighted by atomic mass is 19.4. The number of aliphatic hydroxyl groups excluding tert-OH is 1. The molecule has 0 unspecified atom stereocenters. The van der Waals surface area contributed by atoms with E-state index < -0.39 is 29.6 Å². The molecule has 0 spiro atoms. The topological polar surface area (TPSA) is 20.2 Å². The molecular formula is C11H12F4O. The van der Waals surface area contributed by atoms with Gasteiger partial charge in [-0.2, -0.15) is 13.2 Å². The first-order valence-electron chi connectivity index (χ1n) is 4.66. The van der Waals surface area contributed by atoms with Crippen LogP contribution in [0.5, 0.6) is 0 Å². The van der Waals surface area contributed by atoms with Crippen LogP contribution < -0.4 is 0 Å². The van der Waals surface area contributed by atoms with Crippen molar-refractivity contribution in [3.8, 4) is 0 Å². The van der Waals surface area contributed by atoms with Crippen LogP contribution in [0.15, 0.2) is 18.2 Å². The van der Waals surface area contributed by atoms with Gasteiger partial charge in [-0.15, -0.1) is 0 Å². The summed E-state index contributed by atoms with van der Waals surface area (Å²) < 4.78 is 50.7. The van der Waals surface area contributed by atoms with Gasteiger partial charge in [0.15, 0.2) is 0 Å². The van der Waals surface area contributed by atoms with Gasteiger partial charge >= 0.3 is 6.18 Å². The van der Waals surface area contributed by atoms with Gasteiger partial charge in [-0.1, -0.05) is 19.9 Å². The highest BCUT2D eigenvalue weighted by molar-refractivity contribution is 5.36. The van der Waals surface area contributed by atoms with E-state index in [4.69, 9.17) is 5.11 Å². The monoisotopic (exact) mass is 236 g/mol. The third-order valence-corrected chi connectivity index (χ3v) is 2.41. The van der Waals surface area contributed by atoms with Gasteiger partial charge in [0.05, 0.1) is 12.2 Å². The fourth-order valence-electron chi connectivity index (χ4n) is 1.43. The smallest absolute Gasteiger partial charge is 0.395 e. The van der Waals surface area contributed by atoms with Crippen molar-refractivity contribution in [2.75, 3.05) is 6.61 Å². The standard InChI is InChI=1S/C11H12F4O/c1-10(2,6-16)8-4-3-7(12)5-9(8)11(13,14)15/h3-5,16H,6H2,1-2H3. The molecule has 0 atom stereocenters. The van der Waals surface area contributed by atoms with Crippen molar-refractivity contribution in [2.24, 2.45) is 0 Å². The molecule has 1 rings (SSSR count). The summed E-state index contributed by atoms with van der Waals surface area (Å²) in [4.78, 5) is 0. The summed E-state index contributed by atoms with van der Waals surface area (Å²) in [5, 5.41) is 9.05. The molecule has 0 aliphatic heterocycles. The Morgan fingerprint density at radius 1 is 1.12 bits per heavy atom. The second kappa shape index (κ2) is 4.05. The predicted molar refractivity (Wildman–Crippen MR) is 51.5 cm³/mol. The molecule has 0 amide bonds. The minimum absolute atomic E-state index is 0.107. The molecule has 90 valence electrons. The molecule has 0 aliphatic rings. The first kappa shape index (κ1) is 13.0. The van der Waals surface area contributed by atoms with Crippen molar-refractivity contribution >= 4 is 0 Å². The fraction of sp³-hybridized carbons (Fsp3) is 0.455. The first-order valence-corrected chi connectivity index (χ1v) is 4.66. The third-order valence-electron chi connectivity index (χ3n) is 2.41. The molecule has 0 saturated heterocycles. The molecule has 1 nitrogen and oxygen atoms in total. The molecule has 0 aromatic heterocycles. The molecule has 16 heavy (non-hydrogen) atoms. The van der Waals surface area contributed by atoms with Crippen molar-refractivity contribution in [1.82, 2.24) is 0 Å². The van der Waals surface area contributed by atoms with Crippen LogP contribution in [0.3, 0.4) is 0 Å². The van der Waals surface area contributed by atoms with E-state index in [1.807, 2.05) is 0 Å². The fourth-order valence-corrected chi connectivity index (χ4v) is 1.43. The van der Waals surface area contributed by atoms with E-state index in [1.54, 1.807) is 0 Å². The van der Waals surface area contributed by atoms with Crippen molar-refractivity contribution in [3.05, 3.63) is 35.1 Å². The van der Waals surface area contributed by atoms with Gasteiger partial charge in [0.25, 0.3) is 0 Å². The van der Waals surface area contributed by atoms with Crippen LogP contribution in [-0.4, -0.2) is 11.7 Å². The van der Waals surface area contributed by atoms with Gasteiger partial charge in [0, 0.05) is 5.41 Å². The molecular weight excluding hydrogens is 224 g/mol. The van der Waals surface area contributed by atoms with Gasteiger partial charge in [-0.05, 0) is 17.7 Å². The Bertz CT molecular complexity index is 382. The lowest BCUT2D eigenvalue weighted by Gasteiger charge is -2.26. The Hall–Kier alpha value is -1.10. The second-order valence-corrected chi connectivity index (χ2v) is 4.23. The second-order valence-electron chi connectivity index (χ2n) is 4.23. The summed E-state index contributed by atoms with van der Waals surface area (Å²) in [6.07, 6.45) is -4.62. The Morgan fingerprint density at radius 3 is 2.12 bits per heavy atom. The summed E-state index contributed by atoms with van der Waals surface area (Å²) in [7, 11) is 0. The minimum atomic E-state index is -4.62. The molecule has 5 heteroatoms. The van der Waals surface area contributed by atoms with Crippen LogP contribution in [-0.2, 0) is 11.6 Å². The molecule has 0 aliphatic carbocycles. The zero-order valence-electron chi connectivity index (χ0n) is 8.90. The van der Waals surface area contributed by atoms with E-state index in [-0.39, 0.29) is 5.56 Å². The summed E-state index contributed by atoms with van der Waals surface area (Å²) in [6, 6.07) is 2.48. The van der Waals surface area contributed by atoms with Crippen molar-refractivity contribution < 1.29 is 22.7 Å². The summed E-state index contributed by atoms with van der Waals surface area (Å²) >= 11 is 0. The van der Waals surface area contributed by atoms with E-state index in [9.17, 15) is 17.6 Å². The Balaban J connectivity index is 3.40. The van der Waals surface area contributed by atoms with E-state index in [0.29, 0.717) is 6.07 Å². The molecule has 0 saturated carbocycles. The summed E-state index contributed by atoms with van der Waals surface area (Å²) in [5.41, 5.74) is -2.20. The molecule has 0 heterocycles. The predicted octanol–water partition coefficient (Wildman–Crippen LogP) is 3.11. The van der Waals surface area contributed by atoms with Crippen LogP contribution in [0.25, 0.3) is 0 Å². The number of hydrogen-bond donors (Lipinski definition) is 1. The Morgan fingerprint density at radius 2 is 1.69 bits per heavy atom. The van der Waals surface area contributed by atoms with Crippen LogP contribution in [0.2, 0.25) is 0 Å². The molecule has 0 radical (unpaired) electrons. The zero-order chi connectivity index (χ0) is 12.6. The van der Waals surface area contributed by atoms with Crippen LogP contribution in [0, 0.1) is 5.82 Å². The maximum atomic E-state index is 12.8. The lowest BCUT2D eigenvalue weighted by atomic mass is 9.82. The Labute approximate surface area is 90.7 Å². The van der Waals surface area contributed by atoms with Crippen molar-refractivity contribution in [2.45, 2.75) is 25.4 Å². The van der Waals surface area contributed by atoms with Gasteiger partial charge in [0.1, 0.15) is 5.82 Å². The number of halogens is 4. The maximum absolute atomic E-state index is 12.8. The van der Waals surface area contributed by atoms with Gasteiger partial charge < -0.3 is 5.11 Å². The van der Waals surface area contributed by atoms with E-state index in [0.717, 1.165) is 12.1 Å². The lowest BCUT2D eigenvalue weighted by Crippen LogP contribution is -2.26. The average molecular weight is 236 g/mol. The molecule has 0 bridgehead atoms. The first-order chi connectivity index (χ1) is 7.18. The molecule has 1 N–H and O–H groups in total. The van der Waals surface area contributed by atoms with Gasteiger partial charge in [0.2, 0.25) is 0 Å². The summed E-state index contributed by atoms with van der Waals surface area (Å²) in [6.45, 7) is 2.49. The zero-order valence-corrected chi connectivity index (χ0v) is 8.90. The van der Waals surface area contributed by atoms with E-state index in [1.165, 1.54) is 13.8 Å². The van der Waals surface area contributed by atoms with Crippen LogP contribution >= 0.6 is 0 Å². The van der Waals surface area contributed by atoms with Crippen LogP contribution in [0.4, 0.5) is 17.6 Å². The third kappa shape index (κ3) is 2.52. The van der Waals surface area contributed by atoms with Crippen LogP contribution in [0.1, 0.15) is 25.0 Å². The number of benzene rings is 1. The number of alkyl halides is 3. The maximum Gasteiger partial charge on any atom is 0.416 e. The highest BCUT2D eigenvalue weighted by Crippen LogP contribution is 2.37. The van der Waals surface area contributed by atoms with Gasteiger partial charge in [-0.3, -0.25) is 0 Å². The molecule has 1 aromatic rings. The van der Waals surface area contributed by atoms with Crippen molar-refractivity contribution in [1.29, 1.82) is 0 Å². The Kier molecular flexibility index (Phi) is 3.28. The number of aliphatic hydroxyl groups is 1. The minimum Gasteiger partial charge on any atom is -0.395 e. The molecule has 0 fully saturated rings. The van der Waals surface area contributed by atoms with Crippen molar-refractivity contribution in [3.63, 3.8) is 0 Å². The average Bonchev–Trinajstić information content (AvgIpc) is 2.16. The lowest BCUT2D eigenvalue weighted by molar-refractivity contribution is -0.139. The largest absolute Gasteiger partial charge is 0.416 e. The number of rotatable bonds is 2. The normalized spacial score (nSPS) is 12.9. The highest BCUT2D eigenvalue weighted by Gasteiger charge is 2.37. The van der Waals surface area contributed by atoms with Gasteiger partial charge in [-0.25, -0.2) is 4.39 Å². The quantitative estimate of drug-likeness (QED) is 0.782. The SMILES string of the molecule is CC(C)(CO)c1ccc(F)cc1C(F)(F)F. The molecule has 1 aromatic carbocycles. The van der Waals surface area contributed by atoms with E-state index in [2.05, 4.69) is 0 Å².